The third-order valence-electron chi connectivity index (χ3n) is 11.8. The van der Waals surface area contributed by atoms with E-state index in [1.165, 1.54) is 29.0 Å². The minimum absolute atomic E-state index is 0.0305. The summed E-state index contributed by atoms with van der Waals surface area (Å²) in [4.78, 5) is 53.3. The lowest BCUT2D eigenvalue weighted by Crippen LogP contribution is -2.47. The predicted molar refractivity (Wildman–Crippen MR) is 211 cm³/mol. The number of H-pyrrole nitrogens is 1. The SMILES string of the molecule is Cn1cc(C2=CC=C(CC3CCCN(CC(=O)CC4CCN(c5ccc(NC6CCC(=O)NC6=O)cc5C(F)(F)F)CC4)CC3)CC(OC(F)(F)F)=C2)c2cn[nH]c2c1=O. The van der Waals surface area contributed by atoms with Crippen LogP contribution in [0.1, 0.15) is 75.3 Å². The number of carbonyl (C=O) groups excluding carboxylic acids is 3. The van der Waals surface area contributed by atoms with E-state index >= 15 is 0 Å². The molecule has 0 bridgehead atoms. The van der Waals surface area contributed by atoms with Gasteiger partial charge in [-0.1, -0.05) is 17.7 Å². The number of likely N-dealkylation sites (tertiary alicyclic amines) is 1. The van der Waals surface area contributed by atoms with Crippen LogP contribution in [0.5, 0.6) is 0 Å². The van der Waals surface area contributed by atoms with Crippen molar-refractivity contribution in [3.63, 3.8) is 0 Å². The molecule has 2 atom stereocenters. The zero-order valence-corrected chi connectivity index (χ0v) is 33.1. The van der Waals surface area contributed by atoms with Gasteiger partial charge in [0.2, 0.25) is 11.8 Å². The number of hydrogen-bond acceptors (Lipinski definition) is 9. The van der Waals surface area contributed by atoms with Gasteiger partial charge >= 0.3 is 12.5 Å². The van der Waals surface area contributed by atoms with E-state index in [2.05, 4.69) is 30.5 Å². The van der Waals surface area contributed by atoms with E-state index in [4.69, 9.17) is 0 Å². The second kappa shape index (κ2) is 17.7. The molecule has 0 spiro atoms. The number of nitrogens with one attached hydrogen (secondary N) is 3. The number of amides is 2. The van der Waals surface area contributed by atoms with E-state index in [9.17, 15) is 45.5 Å². The third kappa shape index (κ3) is 10.5. The smallest absolute Gasteiger partial charge is 0.410 e. The summed E-state index contributed by atoms with van der Waals surface area (Å²) >= 11 is 0. The van der Waals surface area contributed by atoms with Crippen LogP contribution in [0.25, 0.3) is 16.5 Å². The Morgan fingerprint density at radius 3 is 2.47 bits per heavy atom. The first-order valence-corrected chi connectivity index (χ1v) is 20.2. The Hall–Kier alpha value is -5.39. The van der Waals surface area contributed by atoms with Crippen LogP contribution in [0.2, 0.25) is 0 Å². The maximum atomic E-state index is 14.3. The van der Waals surface area contributed by atoms with Crippen molar-refractivity contribution in [2.75, 3.05) is 42.9 Å². The summed E-state index contributed by atoms with van der Waals surface area (Å²) in [5, 5.41) is 12.1. The first-order chi connectivity index (χ1) is 28.5. The van der Waals surface area contributed by atoms with Crippen LogP contribution in [0, 0.1) is 11.8 Å². The molecule has 5 heterocycles. The molecule has 12 nitrogen and oxygen atoms in total. The molecule has 18 heteroatoms. The summed E-state index contributed by atoms with van der Waals surface area (Å²) < 4.78 is 89.2. The number of ether oxygens (including phenoxy) is 1. The van der Waals surface area contributed by atoms with Gasteiger partial charge in [-0.05, 0) is 99.7 Å². The fourth-order valence-electron chi connectivity index (χ4n) is 8.80. The van der Waals surface area contributed by atoms with Gasteiger partial charge < -0.3 is 19.5 Å². The highest BCUT2D eigenvalue weighted by atomic mass is 19.4. The first kappa shape index (κ1) is 42.7. The maximum Gasteiger partial charge on any atom is 0.572 e. The van der Waals surface area contributed by atoms with E-state index < -0.39 is 36.0 Å². The third-order valence-corrected chi connectivity index (χ3v) is 11.8. The average Bonchev–Trinajstić information content (AvgIpc) is 3.47. The molecule has 3 saturated heterocycles. The lowest BCUT2D eigenvalue weighted by Gasteiger charge is -2.35. The number of rotatable bonds is 11. The number of hydrogen-bond donors (Lipinski definition) is 3. The fourth-order valence-corrected chi connectivity index (χ4v) is 8.80. The van der Waals surface area contributed by atoms with Gasteiger partial charge in [-0.15, -0.1) is 13.2 Å². The molecule has 322 valence electrons. The quantitative estimate of drug-likeness (QED) is 0.138. The van der Waals surface area contributed by atoms with Crippen LogP contribution in [-0.2, 0) is 32.3 Å². The Bertz CT molecular complexity index is 2270. The number of ketones is 1. The predicted octanol–water partition coefficient (Wildman–Crippen LogP) is 7.00. The molecule has 3 fully saturated rings. The van der Waals surface area contributed by atoms with Gasteiger partial charge in [-0.2, -0.15) is 18.3 Å². The Morgan fingerprint density at radius 2 is 1.73 bits per heavy atom. The lowest BCUT2D eigenvalue weighted by atomic mass is 9.90. The minimum Gasteiger partial charge on any atom is -0.410 e. The largest absolute Gasteiger partial charge is 0.572 e. The fraction of sp³-hybridized carbons (Fsp3) is 0.500. The van der Waals surface area contributed by atoms with Crippen LogP contribution in [0.3, 0.4) is 0 Å². The summed E-state index contributed by atoms with van der Waals surface area (Å²) in [6.45, 7) is 2.31. The highest BCUT2D eigenvalue weighted by molar-refractivity contribution is 6.01. The summed E-state index contributed by atoms with van der Waals surface area (Å²) in [5.74, 6) is -0.980. The Labute approximate surface area is 341 Å². The van der Waals surface area contributed by atoms with Gasteiger partial charge in [0.05, 0.1) is 18.3 Å². The molecular weight excluding hydrogens is 796 g/mol. The number of fused-ring (bicyclic) bond motifs is 1. The molecular formula is C42H47F6N7O5. The van der Waals surface area contributed by atoms with E-state index in [1.807, 2.05) is 6.08 Å². The van der Waals surface area contributed by atoms with Gasteiger partial charge in [0, 0.05) is 67.9 Å². The standard InChI is InChI=1S/C42H47F6N7O5/c1-53-24-33(32-22-49-52-38(32)40(53)59)28-5-4-27(19-31(20-28)60-42(46,47)48)17-25-3-2-13-54(14-10-25)23-30(56)18-26-11-15-55(16-12-26)36-8-6-29(21-34(36)41(43,44)45)50-35-7-9-37(57)51-39(35)58/h4-6,8,20-22,24-26,35,50H,2-3,7,9-19,23H2,1H3,(H,49,52)(H,51,57,58). The van der Waals surface area contributed by atoms with E-state index in [-0.39, 0.29) is 71.6 Å². The van der Waals surface area contributed by atoms with Crippen LogP contribution < -0.4 is 21.1 Å². The number of alkyl halides is 6. The Morgan fingerprint density at radius 1 is 0.967 bits per heavy atom. The lowest BCUT2D eigenvalue weighted by molar-refractivity contribution is -0.306. The number of halogens is 6. The number of pyridine rings is 1. The van der Waals surface area contributed by atoms with Crippen molar-refractivity contribution >= 4 is 45.4 Å². The number of aryl methyl sites for hydroxylation is 1. The van der Waals surface area contributed by atoms with Crippen molar-refractivity contribution in [2.45, 2.75) is 82.8 Å². The van der Waals surface area contributed by atoms with E-state index in [0.717, 1.165) is 30.9 Å². The number of Topliss-reactive ketones (excluding diaryl/α,β-unsaturated/α-hetero) is 1. The Kier molecular flexibility index (Phi) is 12.6. The molecule has 4 aliphatic rings. The molecule has 3 N–H and O–H groups in total. The molecule has 2 aromatic heterocycles. The number of aromatic amines is 1. The van der Waals surface area contributed by atoms with Crippen molar-refractivity contribution in [3.05, 3.63) is 81.6 Å². The zero-order chi connectivity index (χ0) is 42.8. The molecule has 1 aromatic carbocycles. The van der Waals surface area contributed by atoms with Crippen LogP contribution in [0.15, 0.2) is 64.9 Å². The van der Waals surface area contributed by atoms with Gasteiger partial charge in [0.25, 0.3) is 5.56 Å². The summed E-state index contributed by atoms with van der Waals surface area (Å²) in [6.07, 6.45) is 3.03. The van der Waals surface area contributed by atoms with Gasteiger partial charge in [0.15, 0.2) is 0 Å². The minimum atomic E-state index is -4.89. The first-order valence-electron chi connectivity index (χ1n) is 20.2. The highest BCUT2D eigenvalue weighted by Gasteiger charge is 2.37. The van der Waals surface area contributed by atoms with Gasteiger partial charge in [0.1, 0.15) is 23.1 Å². The second-order valence-corrected chi connectivity index (χ2v) is 16.2. The number of benzene rings is 1. The molecule has 3 aliphatic heterocycles. The van der Waals surface area contributed by atoms with Crippen molar-refractivity contribution in [3.8, 4) is 0 Å². The van der Waals surface area contributed by atoms with Gasteiger partial charge in [-0.3, -0.25) is 34.5 Å². The zero-order valence-electron chi connectivity index (χ0n) is 33.1. The summed E-state index contributed by atoms with van der Waals surface area (Å²) in [7, 11) is 1.56. The van der Waals surface area contributed by atoms with Crippen LogP contribution in [0.4, 0.5) is 37.7 Å². The molecule has 2 amide bonds. The number of nitrogens with zero attached hydrogens (tertiary/aromatic N) is 4. The molecule has 1 aliphatic carbocycles. The molecule has 60 heavy (non-hydrogen) atoms. The molecule has 0 radical (unpaired) electrons. The van der Waals surface area contributed by atoms with Crippen molar-refractivity contribution < 1.29 is 45.5 Å². The van der Waals surface area contributed by atoms with E-state index in [0.29, 0.717) is 68.4 Å². The maximum absolute atomic E-state index is 14.3. The Balaban J connectivity index is 0.920. The monoisotopic (exact) mass is 843 g/mol. The van der Waals surface area contributed by atoms with Crippen LogP contribution >= 0.6 is 0 Å². The van der Waals surface area contributed by atoms with Crippen LogP contribution in [-0.4, -0.2) is 82.4 Å². The number of carbonyl (C=O) groups is 3. The normalized spacial score (nSPS) is 21.4. The molecule has 0 saturated carbocycles. The number of allylic oxidation sites excluding steroid dienone is 5. The number of piperidine rings is 2. The average molecular weight is 844 g/mol. The number of imide groups is 1. The molecule has 3 aromatic rings. The second-order valence-electron chi connectivity index (χ2n) is 16.2. The summed E-state index contributed by atoms with van der Waals surface area (Å²) in [5.41, 5.74) is 1.03. The number of anilines is 2. The van der Waals surface area contributed by atoms with E-state index in [1.54, 1.807) is 24.2 Å². The van der Waals surface area contributed by atoms with Gasteiger partial charge in [-0.25, -0.2) is 0 Å². The molecule has 7 rings (SSSR count). The van der Waals surface area contributed by atoms with Crippen molar-refractivity contribution in [1.82, 2.24) is 25.0 Å². The number of aromatic nitrogens is 3. The summed E-state index contributed by atoms with van der Waals surface area (Å²) in [6, 6.07) is 3.08. The van der Waals surface area contributed by atoms with Crippen molar-refractivity contribution in [1.29, 1.82) is 0 Å². The topological polar surface area (TPSA) is 142 Å². The highest BCUT2D eigenvalue weighted by Crippen LogP contribution is 2.40. The van der Waals surface area contributed by atoms with Crippen molar-refractivity contribution in [2.24, 2.45) is 18.9 Å². The molecule has 2 unspecified atom stereocenters.